The largest absolute Gasteiger partial charge is 1.00 e. The number of hydrogen-bond donors (Lipinski definition) is 2. The van der Waals surface area contributed by atoms with Crippen LogP contribution in [0.3, 0.4) is 0 Å². The zero-order chi connectivity index (χ0) is 51.3. The third kappa shape index (κ3) is 14.0. The average Bonchev–Trinajstić information content (AvgIpc) is 4.21. The fourth-order valence-electron chi connectivity index (χ4n) is 8.51. The molecule has 0 unspecified atom stereocenters. The van der Waals surface area contributed by atoms with Crippen LogP contribution in [-0.2, 0) is 26.6 Å². The molecule has 2 N–H and O–H groups in total. The summed E-state index contributed by atoms with van der Waals surface area (Å²) in [6.07, 6.45) is 6.85. The Labute approximate surface area is 485 Å². The minimum absolute atomic E-state index is 0. The number of sulfonamides is 2. The molecule has 18 nitrogen and oxygen atoms in total. The van der Waals surface area contributed by atoms with Crippen molar-refractivity contribution in [2.45, 2.75) is 68.0 Å². The summed E-state index contributed by atoms with van der Waals surface area (Å²) < 4.78 is 129. The van der Waals surface area contributed by atoms with Crippen LogP contribution in [0.15, 0.2) is 114 Å². The predicted octanol–water partition coefficient (Wildman–Crippen LogP) is 2.25. The number of anilines is 2. The van der Waals surface area contributed by atoms with Crippen molar-refractivity contribution in [1.82, 2.24) is 37.6 Å². The van der Waals surface area contributed by atoms with E-state index in [0.29, 0.717) is 0 Å². The zero-order valence-electron chi connectivity index (χ0n) is 39.6. The molecule has 2 aliphatic heterocycles. The van der Waals surface area contributed by atoms with E-state index in [0.717, 1.165) is 113 Å². The Morgan fingerprint density at radius 2 is 1.12 bits per heavy atom. The Bertz CT molecular complexity index is 3530. The molecule has 8 aromatic rings. The number of fused-ring (bicyclic) bond motifs is 2. The summed E-state index contributed by atoms with van der Waals surface area (Å²) in [5, 5.41) is -0.00227. The van der Waals surface area contributed by atoms with Crippen LogP contribution in [0.5, 0.6) is 0 Å². The van der Waals surface area contributed by atoms with Gasteiger partial charge in [-0.1, -0.05) is 42.5 Å². The monoisotopic (exact) mass is 1240 g/mol. The summed E-state index contributed by atoms with van der Waals surface area (Å²) in [5.74, 6) is -3.42. The second-order valence-corrected chi connectivity index (χ2v) is 22.7. The van der Waals surface area contributed by atoms with Gasteiger partial charge < -0.3 is 18.4 Å². The Morgan fingerprint density at radius 1 is 0.689 bits per heavy atom. The van der Waals surface area contributed by atoms with Gasteiger partial charge in [-0.2, -0.15) is 8.75 Å². The molecule has 74 heavy (non-hydrogen) atoms. The maximum Gasteiger partial charge on any atom is 1.00 e. The van der Waals surface area contributed by atoms with Crippen LogP contribution in [0.2, 0.25) is 0 Å². The van der Waals surface area contributed by atoms with Crippen LogP contribution < -0.4 is 77.0 Å². The summed E-state index contributed by atoms with van der Waals surface area (Å²) >= 11 is 3.78. The minimum atomic E-state index is -4.30. The molecule has 30 heteroatoms. The van der Waals surface area contributed by atoms with Crippen molar-refractivity contribution in [3.8, 4) is 0 Å². The van der Waals surface area contributed by atoms with Crippen molar-refractivity contribution in [1.29, 1.82) is 0 Å². The van der Waals surface area contributed by atoms with Crippen LogP contribution in [0.4, 0.5) is 27.7 Å². The molecule has 388 valence electrons. The maximum atomic E-state index is 15.0. The third-order valence-corrected chi connectivity index (χ3v) is 17.0. The van der Waals surface area contributed by atoms with Crippen molar-refractivity contribution < 1.29 is 99.2 Å². The van der Waals surface area contributed by atoms with E-state index in [4.69, 9.17) is 8.83 Å². The van der Waals surface area contributed by atoms with Gasteiger partial charge in [-0.25, -0.2) is 45.2 Å². The van der Waals surface area contributed by atoms with Gasteiger partial charge in [-0.05, 0) is 111 Å². The number of aromatic nitrogens is 6. The van der Waals surface area contributed by atoms with Crippen LogP contribution in [-0.4, -0.2) is 94.4 Å². The molecule has 6 heterocycles. The topological polar surface area (TPSA) is 221 Å². The van der Waals surface area contributed by atoms with E-state index in [-0.39, 0.29) is 95.0 Å². The Kier molecular flexibility index (Phi) is 20.8. The van der Waals surface area contributed by atoms with Crippen molar-refractivity contribution >= 4 is 105 Å². The molecule has 10 rings (SSSR count). The molecular weight excluding hydrogens is 1200 g/mol. The molecule has 0 saturated carbocycles. The number of nitrogens with one attached hydrogen (secondary N) is 2. The Balaban J connectivity index is 0.000000203. The minimum Gasteiger partial charge on any atom is -1.00 e. The Hall–Kier alpha value is -3.96. The van der Waals surface area contributed by atoms with E-state index in [9.17, 15) is 39.4 Å². The van der Waals surface area contributed by atoms with Crippen LogP contribution in [0.1, 0.15) is 68.3 Å². The van der Waals surface area contributed by atoms with Gasteiger partial charge in [0.15, 0.2) is 11.2 Å². The first-order valence-corrected chi connectivity index (χ1v) is 27.8. The number of hydrogen-bond acceptors (Lipinski definition) is 16. The average molecular weight is 1240 g/mol. The summed E-state index contributed by atoms with van der Waals surface area (Å²) in [5.41, 5.74) is 3.15. The van der Waals surface area contributed by atoms with Crippen molar-refractivity contribution in [3.05, 3.63) is 138 Å². The quantitative estimate of drug-likeness (QED) is 0.0907. The number of halogens is 6. The second kappa shape index (κ2) is 25.9. The van der Waals surface area contributed by atoms with E-state index < -0.39 is 72.3 Å². The van der Waals surface area contributed by atoms with Gasteiger partial charge in [0, 0.05) is 63.9 Å². The standard InChI is InChI=1S/C22H22FN5O4S2.C17H12FIN4O4S2.C5H10BF2N.FH.K/c1-14(16-7-3-2-6-15(16)12-27-8-4-5-9-27)28-18-10-17(23)20(11-19(18)32-22(28)29)34(30,31)26-21-24-13-25-33-21;1-9(10-4-2-3-5-12(10)19)23-13-6-11(18)15(7-14(13)27-17(23)24)29(25,26)22-16-20-8-21-28-16;7-6(8)5-9-3-1-2-4-9;;/h2-3,6-7,10-11,13-14H,4-5,8-9,12H2,1H3,(H,24,25,26);2-9H,1H3,(H,20,21,22);1-5H2;1H;/q;;;;+1/p-1/t14-;9-;;;/m11.../s1. The van der Waals surface area contributed by atoms with Crippen LogP contribution >= 0.6 is 45.7 Å². The summed E-state index contributed by atoms with van der Waals surface area (Å²) in [4.78, 5) is 35.7. The van der Waals surface area contributed by atoms with Crippen molar-refractivity contribution in [2.75, 3.05) is 42.1 Å². The number of oxazole rings is 2. The molecule has 0 spiro atoms. The maximum absolute atomic E-state index is 15.0. The number of benzene rings is 4. The van der Waals surface area contributed by atoms with E-state index in [1.54, 1.807) is 6.92 Å². The molecule has 2 saturated heterocycles. The number of likely N-dealkylation sites (tertiary alicyclic amines) is 2. The van der Waals surface area contributed by atoms with Gasteiger partial charge in [0.1, 0.15) is 34.1 Å². The summed E-state index contributed by atoms with van der Waals surface area (Å²) in [7, 11) is -10.7. The first-order chi connectivity index (χ1) is 34.4. The Morgan fingerprint density at radius 3 is 1.57 bits per heavy atom. The van der Waals surface area contributed by atoms with Crippen molar-refractivity contribution in [2.24, 2.45) is 0 Å². The predicted molar refractivity (Wildman–Crippen MR) is 274 cm³/mol. The molecule has 2 aliphatic rings. The zero-order valence-corrected chi connectivity index (χ0v) is 48.2. The van der Waals surface area contributed by atoms with Gasteiger partial charge in [0.05, 0.1) is 23.1 Å². The summed E-state index contributed by atoms with van der Waals surface area (Å²) in [6, 6.07) is 18.4. The van der Waals surface area contributed by atoms with Gasteiger partial charge in [-0.3, -0.25) is 32.1 Å². The van der Waals surface area contributed by atoms with Crippen LogP contribution in [0.25, 0.3) is 22.2 Å². The van der Waals surface area contributed by atoms with E-state index in [2.05, 4.69) is 55.7 Å². The fourth-order valence-corrected chi connectivity index (χ4v) is 12.8. The first kappa shape index (κ1) is 59.3. The second-order valence-electron chi connectivity index (χ2n) is 16.6. The molecule has 0 radical (unpaired) electrons. The first-order valence-electron chi connectivity index (χ1n) is 22.2. The number of nitrogens with zero attached hydrogens (tertiary/aromatic N) is 8. The molecule has 0 bridgehead atoms. The fraction of sp³-hybridized carbons (Fsp3) is 0.318. The SMILES string of the molecule is C[C@H](c1ccccc1CN1CCCC1)n1c(=O)oc2cc(S(=O)(=O)Nc3ncns3)c(F)cc21.C[C@H](c1ccccc1I)n1c(=O)oc2cc(S(=O)(=O)Nc3ncns3)c(F)cc21.FB(F)CN1CCCC1.[F-].[K+]. The van der Waals surface area contributed by atoms with E-state index in [1.165, 1.54) is 34.6 Å². The smallest absolute Gasteiger partial charge is 1.00 e. The molecule has 2 atom stereocenters. The number of rotatable bonds is 14. The molecule has 2 fully saturated rings. The summed E-state index contributed by atoms with van der Waals surface area (Å²) in [6.45, 7) is 8.19. The molecular formula is C44H44BF5IKN10O8S4. The molecule has 4 aromatic heterocycles. The van der Waals surface area contributed by atoms with E-state index in [1.807, 2.05) is 60.4 Å². The molecule has 0 amide bonds. The van der Waals surface area contributed by atoms with Gasteiger partial charge >= 0.3 is 70.2 Å². The van der Waals surface area contributed by atoms with E-state index >= 15 is 4.39 Å². The third-order valence-electron chi connectivity index (χ3n) is 11.9. The van der Waals surface area contributed by atoms with Gasteiger partial charge in [0.25, 0.3) is 20.0 Å². The van der Waals surface area contributed by atoms with Gasteiger partial charge in [0.2, 0.25) is 10.3 Å². The normalized spacial score (nSPS) is 14.8. The van der Waals surface area contributed by atoms with Gasteiger partial charge in [-0.15, -0.1) is 0 Å². The molecule has 0 aliphatic carbocycles. The van der Waals surface area contributed by atoms with Crippen molar-refractivity contribution in [3.63, 3.8) is 0 Å². The van der Waals surface area contributed by atoms with Crippen LogP contribution in [0, 0.1) is 15.2 Å². The molecule has 4 aromatic carbocycles.